The minimum atomic E-state index is -0.299. The van der Waals surface area contributed by atoms with E-state index in [1.165, 1.54) is 44.1 Å². The lowest BCUT2D eigenvalue weighted by Gasteiger charge is -2.58. The van der Waals surface area contributed by atoms with E-state index in [0.717, 1.165) is 23.5 Å². The van der Waals surface area contributed by atoms with Crippen molar-refractivity contribution < 1.29 is 9.84 Å². The average molecular weight is 286 g/mol. The molecule has 1 aromatic rings. The fourth-order valence-corrected chi connectivity index (χ4v) is 5.57. The normalized spacial score (nSPS) is 38.5. The van der Waals surface area contributed by atoms with Gasteiger partial charge in [0.25, 0.3) is 0 Å². The first-order valence-electron chi connectivity index (χ1n) is 8.50. The first kappa shape index (κ1) is 13.6. The van der Waals surface area contributed by atoms with Crippen LogP contribution in [0.1, 0.15) is 44.1 Å². The minimum absolute atomic E-state index is 0.166. The molecule has 4 aliphatic carbocycles. The van der Waals surface area contributed by atoms with Crippen molar-refractivity contribution in [3.63, 3.8) is 0 Å². The van der Waals surface area contributed by atoms with Crippen LogP contribution in [0.2, 0.25) is 0 Å². The standard InChI is InChI=1S/C19H26O2/c1-13-2-4-17(5-3-13)21-12-18(20)19-9-14-6-15(10-19)8-16(7-14)11-19/h2-5,14-16,18,20H,6-12H2,1H3. The number of rotatable bonds is 4. The highest BCUT2D eigenvalue weighted by Gasteiger charge is 2.54. The van der Waals surface area contributed by atoms with Gasteiger partial charge >= 0.3 is 0 Å². The van der Waals surface area contributed by atoms with Crippen LogP contribution in [-0.2, 0) is 0 Å². The number of ether oxygens (including phenoxy) is 1. The lowest BCUT2D eigenvalue weighted by molar-refractivity contribution is -0.129. The number of hydrogen-bond acceptors (Lipinski definition) is 2. The van der Waals surface area contributed by atoms with E-state index in [1.807, 2.05) is 12.1 Å². The molecule has 21 heavy (non-hydrogen) atoms. The van der Waals surface area contributed by atoms with Crippen LogP contribution in [0.5, 0.6) is 5.75 Å². The predicted molar refractivity (Wildman–Crippen MR) is 83.3 cm³/mol. The Bertz CT molecular complexity index is 470. The molecule has 1 N–H and O–H groups in total. The maximum Gasteiger partial charge on any atom is 0.119 e. The summed E-state index contributed by atoms with van der Waals surface area (Å²) in [4.78, 5) is 0. The van der Waals surface area contributed by atoms with E-state index < -0.39 is 0 Å². The second-order valence-electron chi connectivity index (χ2n) is 7.92. The Balaban J connectivity index is 1.42. The van der Waals surface area contributed by atoms with Crippen molar-refractivity contribution in [1.82, 2.24) is 0 Å². The molecule has 4 saturated carbocycles. The number of aliphatic hydroxyl groups is 1. The van der Waals surface area contributed by atoms with Gasteiger partial charge in [0.1, 0.15) is 12.4 Å². The lowest BCUT2D eigenvalue weighted by Crippen LogP contribution is -2.53. The van der Waals surface area contributed by atoms with Crippen LogP contribution >= 0.6 is 0 Å². The summed E-state index contributed by atoms with van der Waals surface area (Å²) in [5.41, 5.74) is 1.41. The van der Waals surface area contributed by atoms with E-state index in [0.29, 0.717) is 6.61 Å². The molecule has 0 heterocycles. The van der Waals surface area contributed by atoms with E-state index in [-0.39, 0.29) is 11.5 Å². The molecule has 0 spiro atoms. The maximum atomic E-state index is 10.8. The number of benzene rings is 1. The maximum absolute atomic E-state index is 10.8. The predicted octanol–water partition coefficient (Wildman–Crippen LogP) is 3.95. The summed E-state index contributed by atoms with van der Waals surface area (Å²) in [7, 11) is 0. The molecule has 0 saturated heterocycles. The summed E-state index contributed by atoms with van der Waals surface area (Å²) in [6.45, 7) is 2.53. The van der Waals surface area contributed by atoms with Crippen LogP contribution in [0.3, 0.4) is 0 Å². The molecule has 1 atom stereocenters. The van der Waals surface area contributed by atoms with E-state index in [1.54, 1.807) is 0 Å². The van der Waals surface area contributed by atoms with E-state index in [2.05, 4.69) is 19.1 Å². The van der Waals surface area contributed by atoms with Gasteiger partial charge in [0.2, 0.25) is 0 Å². The zero-order chi connectivity index (χ0) is 14.4. The molecule has 0 aliphatic heterocycles. The second kappa shape index (κ2) is 5.01. The monoisotopic (exact) mass is 286 g/mol. The highest BCUT2D eigenvalue weighted by Crippen LogP contribution is 2.61. The average Bonchev–Trinajstić information content (AvgIpc) is 2.45. The zero-order valence-electron chi connectivity index (χ0n) is 12.9. The summed E-state index contributed by atoms with van der Waals surface area (Å²) in [6, 6.07) is 8.13. The number of aryl methyl sites for hydroxylation is 1. The van der Waals surface area contributed by atoms with Crippen LogP contribution < -0.4 is 4.74 Å². The molecule has 2 heteroatoms. The summed E-state index contributed by atoms with van der Waals surface area (Å²) in [5, 5.41) is 10.8. The van der Waals surface area contributed by atoms with Gasteiger partial charge < -0.3 is 9.84 Å². The third kappa shape index (κ3) is 2.48. The fourth-order valence-electron chi connectivity index (χ4n) is 5.57. The van der Waals surface area contributed by atoms with Crippen LogP contribution in [0, 0.1) is 30.1 Å². The van der Waals surface area contributed by atoms with Gasteiger partial charge in [-0.05, 0) is 75.3 Å². The Hall–Kier alpha value is -1.02. The zero-order valence-corrected chi connectivity index (χ0v) is 12.9. The van der Waals surface area contributed by atoms with Crippen molar-refractivity contribution in [1.29, 1.82) is 0 Å². The van der Waals surface area contributed by atoms with Gasteiger partial charge in [-0.3, -0.25) is 0 Å². The van der Waals surface area contributed by atoms with E-state index in [4.69, 9.17) is 4.74 Å². The van der Waals surface area contributed by atoms with Crippen molar-refractivity contribution in [2.75, 3.05) is 6.61 Å². The Labute approximate surface area is 127 Å². The molecular formula is C19H26O2. The Kier molecular flexibility index (Phi) is 3.25. The highest BCUT2D eigenvalue weighted by molar-refractivity contribution is 5.26. The SMILES string of the molecule is Cc1ccc(OCC(O)C23CC4CC(CC(C4)C2)C3)cc1. The topological polar surface area (TPSA) is 29.5 Å². The molecular weight excluding hydrogens is 260 g/mol. The van der Waals surface area contributed by atoms with Gasteiger partial charge in [-0.1, -0.05) is 17.7 Å². The smallest absolute Gasteiger partial charge is 0.119 e. The molecule has 1 unspecified atom stereocenters. The van der Waals surface area contributed by atoms with Gasteiger partial charge in [-0.25, -0.2) is 0 Å². The van der Waals surface area contributed by atoms with E-state index >= 15 is 0 Å². The van der Waals surface area contributed by atoms with Crippen molar-refractivity contribution in [3.05, 3.63) is 29.8 Å². The Morgan fingerprint density at radius 2 is 1.57 bits per heavy atom. The summed E-state index contributed by atoms with van der Waals surface area (Å²) in [5.74, 6) is 3.52. The largest absolute Gasteiger partial charge is 0.491 e. The summed E-state index contributed by atoms with van der Waals surface area (Å²) >= 11 is 0. The molecule has 4 fully saturated rings. The third-order valence-corrected chi connectivity index (χ3v) is 6.22. The summed E-state index contributed by atoms with van der Waals surface area (Å²) < 4.78 is 5.86. The van der Waals surface area contributed by atoms with Crippen LogP contribution in [0.25, 0.3) is 0 Å². The van der Waals surface area contributed by atoms with Gasteiger partial charge in [0.05, 0.1) is 6.10 Å². The molecule has 2 nitrogen and oxygen atoms in total. The molecule has 4 bridgehead atoms. The molecule has 0 amide bonds. The molecule has 114 valence electrons. The van der Waals surface area contributed by atoms with E-state index in [9.17, 15) is 5.11 Å². The first-order valence-corrected chi connectivity index (χ1v) is 8.50. The fraction of sp³-hybridized carbons (Fsp3) is 0.684. The quantitative estimate of drug-likeness (QED) is 0.908. The minimum Gasteiger partial charge on any atom is -0.491 e. The van der Waals surface area contributed by atoms with Crippen LogP contribution in [0.4, 0.5) is 0 Å². The number of aliphatic hydroxyl groups excluding tert-OH is 1. The van der Waals surface area contributed by atoms with Gasteiger partial charge in [0.15, 0.2) is 0 Å². The Morgan fingerprint density at radius 3 is 2.10 bits per heavy atom. The molecule has 1 aromatic carbocycles. The van der Waals surface area contributed by atoms with Crippen molar-refractivity contribution in [2.24, 2.45) is 23.2 Å². The lowest BCUT2D eigenvalue weighted by atomic mass is 9.48. The first-order chi connectivity index (χ1) is 10.1. The molecule has 0 radical (unpaired) electrons. The van der Waals surface area contributed by atoms with Gasteiger partial charge in [0, 0.05) is 5.41 Å². The number of hydrogen-bond donors (Lipinski definition) is 1. The molecule has 4 aliphatic rings. The van der Waals surface area contributed by atoms with Crippen LogP contribution in [0.15, 0.2) is 24.3 Å². The molecule has 0 aromatic heterocycles. The Morgan fingerprint density at radius 1 is 1.05 bits per heavy atom. The highest BCUT2D eigenvalue weighted by atomic mass is 16.5. The van der Waals surface area contributed by atoms with Gasteiger partial charge in [-0.15, -0.1) is 0 Å². The second-order valence-corrected chi connectivity index (χ2v) is 7.92. The summed E-state index contributed by atoms with van der Waals surface area (Å²) in [6.07, 6.45) is 7.67. The van der Waals surface area contributed by atoms with Crippen molar-refractivity contribution in [2.45, 2.75) is 51.6 Å². The van der Waals surface area contributed by atoms with Crippen molar-refractivity contribution in [3.8, 4) is 5.75 Å². The van der Waals surface area contributed by atoms with Crippen LogP contribution in [-0.4, -0.2) is 17.8 Å². The van der Waals surface area contributed by atoms with Crippen molar-refractivity contribution >= 4 is 0 Å². The molecule has 5 rings (SSSR count). The van der Waals surface area contributed by atoms with Gasteiger partial charge in [-0.2, -0.15) is 0 Å². The third-order valence-electron chi connectivity index (χ3n) is 6.22.